The molecule has 0 aliphatic carbocycles. The lowest BCUT2D eigenvalue weighted by molar-refractivity contribution is -0.120. The van der Waals surface area contributed by atoms with Gasteiger partial charge in [-0.05, 0) is 32.1 Å². The van der Waals surface area contributed by atoms with Crippen molar-refractivity contribution in [3.05, 3.63) is 12.2 Å². The summed E-state index contributed by atoms with van der Waals surface area (Å²) in [7, 11) is 0. The summed E-state index contributed by atoms with van der Waals surface area (Å²) in [5, 5.41) is 8.74. The minimum absolute atomic E-state index is 0.486. The summed E-state index contributed by atoms with van der Waals surface area (Å²) < 4.78 is 0. The third-order valence-electron chi connectivity index (χ3n) is 4.00. The maximum atomic E-state index is 10.9. The van der Waals surface area contributed by atoms with E-state index in [-0.39, 0.29) is 0 Å². The van der Waals surface area contributed by atoms with Gasteiger partial charge in [0.1, 0.15) is 5.92 Å². The molecule has 0 aliphatic heterocycles. The van der Waals surface area contributed by atoms with E-state index in [1.807, 2.05) is 6.07 Å². The molecule has 0 spiro atoms. The first-order valence-electron chi connectivity index (χ1n) is 9.06. The Morgan fingerprint density at radius 3 is 1.95 bits per heavy atom. The van der Waals surface area contributed by atoms with Gasteiger partial charge in [-0.3, -0.25) is 4.79 Å². The fourth-order valence-electron chi connectivity index (χ4n) is 2.51. The topological polar surface area (TPSA) is 66.9 Å². The first kappa shape index (κ1) is 20.7. The number of nitrogens with two attached hydrogens (primary N) is 1. The number of carbonyl (C=O) groups excluding carboxylic acids is 1. The van der Waals surface area contributed by atoms with Crippen molar-refractivity contribution in [1.82, 2.24) is 0 Å². The van der Waals surface area contributed by atoms with E-state index in [0.717, 1.165) is 25.7 Å². The van der Waals surface area contributed by atoms with E-state index in [9.17, 15) is 4.79 Å². The van der Waals surface area contributed by atoms with Crippen LogP contribution in [-0.2, 0) is 4.79 Å². The van der Waals surface area contributed by atoms with Crippen molar-refractivity contribution in [3.63, 3.8) is 0 Å². The van der Waals surface area contributed by atoms with Crippen LogP contribution < -0.4 is 5.73 Å². The third-order valence-corrected chi connectivity index (χ3v) is 4.00. The van der Waals surface area contributed by atoms with E-state index < -0.39 is 11.8 Å². The number of unbranched alkanes of at least 4 members (excludes halogenated alkanes) is 10. The smallest absolute Gasteiger partial charge is 0.234 e. The van der Waals surface area contributed by atoms with E-state index in [1.165, 1.54) is 51.4 Å². The predicted molar refractivity (Wildman–Crippen MR) is 93.1 cm³/mol. The summed E-state index contributed by atoms with van der Waals surface area (Å²) in [5.41, 5.74) is 5.13. The summed E-state index contributed by atoms with van der Waals surface area (Å²) in [5.74, 6) is -1.09. The Morgan fingerprint density at radius 1 is 0.955 bits per heavy atom. The van der Waals surface area contributed by atoms with Crippen LogP contribution >= 0.6 is 0 Å². The lowest BCUT2D eigenvalue weighted by Crippen LogP contribution is -2.21. The van der Waals surface area contributed by atoms with Crippen molar-refractivity contribution in [2.75, 3.05) is 0 Å². The fraction of sp³-hybridized carbons (Fsp3) is 0.789. The van der Waals surface area contributed by atoms with E-state index >= 15 is 0 Å². The molecule has 0 fully saturated rings. The van der Waals surface area contributed by atoms with Crippen LogP contribution in [0.25, 0.3) is 0 Å². The molecule has 1 atom stereocenters. The molecule has 0 aromatic carbocycles. The zero-order valence-electron chi connectivity index (χ0n) is 14.4. The van der Waals surface area contributed by atoms with Crippen LogP contribution in [0.2, 0.25) is 0 Å². The van der Waals surface area contributed by atoms with E-state index in [0.29, 0.717) is 6.42 Å². The molecule has 1 unspecified atom stereocenters. The molecule has 3 heteroatoms. The minimum Gasteiger partial charge on any atom is -0.369 e. The molecule has 0 radical (unpaired) electrons. The molecule has 0 heterocycles. The standard InChI is InChI=1S/C19H34N2O/c1-2-3-4-5-6-7-8-9-10-11-12-13-14-15-16-18(17-20)19(21)22/h9-10,18H,2-8,11-16H2,1H3,(H2,21,22)/b10-9-. The lowest BCUT2D eigenvalue weighted by Gasteiger charge is -2.03. The van der Waals surface area contributed by atoms with Crippen molar-refractivity contribution in [2.45, 2.75) is 90.4 Å². The van der Waals surface area contributed by atoms with Gasteiger partial charge in [-0.25, -0.2) is 0 Å². The van der Waals surface area contributed by atoms with Crippen LogP contribution in [0.1, 0.15) is 90.4 Å². The number of primary amides is 1. The molecule has 126 valence electrons. The summed E-state index contributed by atoms with van der Waals surface area (Å²) in [6, 6.07) is 1.96. The number of hydrogen-bond acceptors (Lipinski definition) is 2. The van der Waals surface area contributed by atoms with Crippen LogP contribution in [0, 0.1) is 17.2 Å². The van der Waals surface area contributed by atoms with Gasteiger partial charge in [-0.1, -0.05) is 70.4 Å². The second-order valence-corrected chi connectivity index (χ2v) is 6.10. The summed E-state index contributed by atoms with van der Waals surface area (Å²) in [6.07, 6.45) is 20.1. The molecular formula is C19H34N2O. The van der Waals surface area contributed by atoms with Crippen molar-refractivity contribution >= 4 is 5.91 Å². The molecule has 22 heavy (non-hydrogen) atoms. The molecule has 0 rings (SSSR count). The van der Waals surface area contributed by atoms with Gasteiger partial charge in [0.05, 0.1) is 6.07 Å². The largest absolute Gasteiger partial charge is 0.369 e. The van der Waals surface area contributed by atoms with Gasteiger partial charge in [0, 0.05) is 0 Å². The zero-order valence-corrected chi connectivity index (χ0v) is 14.4. The van der Waals surface area contributed by atoms with E-state index in [4.69, 9.17) is 11.0 Å². The Bertz CT molecular complexity index is 331. The van der Waals surface area contributed by atoms with E-state index in [1.54, 1.807) is 0 Å². The molecule has 3 nitrogen and oxygen atoms in total. The number of amides is 1. The Labute approximate surface area is 137 Å². The molecule has 0 aromatic heterocycles. The number of nitriles is 1. The van der Waals surface area contributed by atoms with Crippen LogP contribution in [0.15, 0.2) is 12.2 Å². The van der Waals surface area contributed by atoms with Crippen molar-refractivity contribution in [2.24, 2.45) is 11.7 Å². The number of carbonyl (C=O) groups is 1. The zero-order chi connectivity index (χ0) is 16.5. The average molecular weight is 306 g/mol. The number of hydrogen-bond donors (Lipinski definition) is 1. The Hall–Kier alpha value is -1.30. The Balaban J connectivity index is 3.27. The first-order chi connectivity index (χ1) is 10.7. The van der Waals surface area contributed by atoms with Crippen LogP contribution in [0.5, 0.6) is 0 Å². The fourth-order valence-corrected chi connectivity index (χ4v) is 2.51. The van der Waals surface area contributed by atoms with Gasteiger partial charge >= 0.3 is 0 Å². The Morgan fingerprint density at radius 2 is 1.45 bits per heavy atom. The van der Waals surface area contributed by atoms with Gasteiger partial charge < -0.3 is 5.73 Å². The Kier molecular flexibility index (Phi) is 15.1. The molecule has 2 N–H and O–H groups in total. The second-order valence-electron chi connectivity index (χ2n) is 6.10. The summed E-state index contributed by atoms with van der Waals surface area (Å²) in [6.45, 7) is 2.25. The molecule has 0 saturated carbocycles. The molecule has 0 aromatic rings. The molecule has 0 bridgehead atoms. The van der Waals surface area contributed by atoms with Gasteiger partial charge in [-0.15, -0.1) is 0 Å². The van der Waals surface area contributed by atoms with Crippen LogP contribution in [-0.4, -0.2) is 5.91 Å². The number of nitrogens with zero attached hydrogens (tertiary/aromatic N) is 1. The second kappa shape index (κ2) is 16.1. The maximum absolute atomic E-state index is 10.9. The van der Waals surface area contributed by atoms with Gasteiger partial charge in [-0.2, -0.15) is 5.26 Å². The van der Waals surface area contributed by atoms with Gasteiger partial charge in [0.2, 0.25) is 5.91 Å². The summed E-state index contributed by atoms with van der Waals surface area (Å²) >= 11 is 0. The highest BCUT2D eigenvalue weighted by Gasteiger charge is 2.12. The molecule has 0 aliphatic rings. The van der Waals surface area contributed by atoms with E-state index in [2.05, 4.69) is 19.1 Å². The first-order valence-corrected chi connectivity index (χ1v) is 9.06. The number of allylic oxidation sites excluding steroid dienone is 2. The lowest BCUT2D eigenvalue weighted by atomic mass is 10.0. The average Bonchev–Trinajstić information content (AvgIpc) is 2.51. The summed E-state index contributed by atoms with van der Waals surface area (Å²) in [4.78, 5) is 10.9. The van der Waals surface area contributed by atoms with Crippen molar-refractivity contribution in [3.8, 4) is 6.07 Å². The highest BCUT2D eigenvalue weighted by atomic mass is 16.1. The van der Waals surface area contributed by atoms with Crippen molar-refractivity contribution in [1.29, 1.82) is 5.26 Å². The quantitative estimate of drug-likeness (QED) is 0.331. The number of rotatable bonds is 15. The highest BCUT2D eigenvalue weighted by Crippen LogP contribution is 2.12. The molecule has 1 amide bonds. The SMILES string of the molecule is CCCCCCCC/C=C\CCCCCCC(C#N)C(N)=O. The maximum Gasteiger partial charge on any atom is 0.234 e. The van der Waals surface area contributed by atoms with Crippen LogP contribution in [0.4, 0.5) is 0 Å². The predicted octanol–water partition coefficient (Wildman–Crippen LogP) is 5.26. The third kappa shape index (κ3) is 13.7. The van der Waals surface area contributed by atoms with Gasteiger partial charge in [0.25, 0.3) is 0 Å². The molecular weight excluding hydrogens is 272 g/mol. The van der Waals surface area contributed by atoms with Crippen molar-refractivity contribution < 1.29 is 4.79 Å². The normalized spacial score (nSPS) is 12.4. The van der Waals surface area contributed by atoms with Gasteiger partial charge in [0.15, 0.2) is 0 Å². The highest BCUT2D eigenvalue weighted by molar-refractivity contribution is 5.79. The monoisotopic (exact) mass is 306 g/mol. The minimum atomic E-state index is -0.600. The molecule has 0 saturated heterocycles. The van der Waals surface area contributed by atoms with Crippen LogP contribution in [0.3, 0.4) is 0 Å².